The molecular formula is C24H28N4O2. The molecule has 1 aliphatic rings. The van der Waals surface area contributed by atoms with Crippen molar-refractivity contribution in [3.05, 3.63) is 76.6 Å². The zero-order chi connectivity index (χ0) is 21.1. The summed E-state index contributed by atoms with van der Waals surface area (Å²) < 4.78 is 5.30. The summed E-state index contributed by atoms with van der Waals surface area (Å²) in [5, 5.41) is 0. The van der Waals surface area contributed by atoms with E-state index in [9.17, 15) is 4.79 Å². The van der Waals surface area contributed by atoms with Crippen molar-refractivity contribution in [2.24, 2.45) is 0 Å². The minimum Gasteiger partial charge on any atom is -0.459 e. The quantitative estimate of drug-likeness (QED) is 0.659. The summed E-state index contributed by atoms with van der Waals surface area (Å²) in [6.45, 7) is 9.06. The molecule has 6 heteroatoms. The molecule has 1 saturated heterocycles. The van der Waals surface area contributed by atoms with Crippen LogP contribution in [0, 0.1) is 20.8 Å². The third-order valence-electron chi connectivity index (χ3n) is 5.62. The lowest BCUT2D eigenvalue weighted by Crippen LogP contribution is -2.35. The van der Waals surface area contributed by atoms with E-state index in [4.69, 9.17) is 9.40 Å². The van der Waals surface area contributed by atoms with Crippen LogP contribution in [0.3, 0.4) is 0 Å². The largest absolute Gasteiger partial charge is 0.459 e. The molecule has 1 fully saturated rings. The fourth-order valence-electron chi connectivity index (χ4n) is 3.98. The van der Waals surface area contributed by atoms with Crippen LogP contribution in [0.25, 0.3) is 0 Å². The van der Waals surface area contributed by atoms with E-state index in [0.29, 0.717) is 18.8 Å². The Morgan fingerprint density at radius 3 is 2.53 bits per heavy atom. The highest BCUT2D eigenvalue weighted by atomic mass is 16.3. The monoisotopic (exact) mass is 404 g/mol. The smallest absolute Gasteiger partial charge is 0.289 e. The molecule has 30 heavy (non-hydrogen) atoms. The fraction of sp³-hybridized carbons (Fsp3) is 0.375. The number of aryl methyl sites for hydroxylation is 3. The van der Waals surface area contributed by atoms with Gasteiger partial charge in [0.05, 0.1) is 6.26 Å². The van der Waals surface area contributed by atoms with Crippen LogP contribution >= 0.6 is 0 Å². The lowest BCUT2D eigenvalue weighted by molar-refractivity contribution is 0.0735. The summed E-state index contributed by atoms with van der Waals surface area (Å²) >= 11 is 0. The number of carbonyl (C=O) groups is 1. The number of amides is 1. The van der Waals surface area contributed by atoms with Crippen LogP contribution < -0.4 is 4.90 Å². The maximum Gasteiger partial charge on any atom is 0.289 e. The van der Waals surface area contributed by atoms with E-state index in [0.717, 1.165) is 48.8 Å². The van der Waals surface area contributed by atoms with Gasteiger partial charge in [0.1, 0.15) is 11.6 Å². The lowest BCUT2D eigenvalue weighted by atomic mass is 10.0. The molecule has 1 aliphatic heterocycles. The van der Waals surface area contributed by atoms with E-state index in [1.807, 2.05) is 11.8 Å². The molecule has 3 heterocycles. The molecule has 4 rings (SSSR count). The Morgan fingerprint density at radius 2 is 1.80 bits per heavy atom. The van der Waals surface area contributed by atoms with Gasteiger partial charge < -0.3 is 14.2 Å². The highest BCUT2D eigenvalue weighted by molar-refractivity contribution is 5.91. The molecule has 0 spiro atoms. The van der Waals surface area contributed by atoms with Crippen LogP contribution in [0.5, 0.6) is 0 Å². The van der Waals surface area contributed by atoms with Gasteiger partial charge in [-0.05, 0) is 44.9 Å². The Labute approximate surface area is 177 Å². The van der Waals surface area contributed by atoms with E-state index in [1.54, 1.807) is 18.4 Å². The van der Waals surface area contributed by atoms with E-state index < -0.39 is 0 Å². The van der Waals surface area contributed by atoms with Gasteiger partial charge in [0.2, 0.25) is 0 Å². The van der Waals surface area contributed by atoms with Crippen molar-refractivity contribution in [2.45, 2.75) is 33.6 Å². The predicted octanol–water partition coefficient (Wildman–Crippen LogP) is 3.94. The van der Waals surface area contributed by atoms with Gasteiger partial charge in [-0.2, -0.15) is 0 Å². The van der Waals surface area contributed by atoms with E-state index >= 15 is 0 Å². The average Bonchev–Trinajstić information content (AvgIpc) is 3.15. The molecule has 0 saturated carbocycles. The van der Waals surface area contributed by atoms with Crippen LogP contribution in [0.1, 0.15) is 45.2 Å². The number of nitrogens with zero attached hydrogens (tertiary/aromatic N) is 4. The van der Waals surface area contributed by atoms with Gasteiger partial charge in [0, 0.05) is 43.9 Å². The molecule has 0 unspecified atom stereocenters. The third kappa shape index (κ3) is 4.37. The SMILES string of the molecule is Cc1ccc(Cc2c(C)nc(C)nc2N2CCCN(C(=O)c3ccco3)CC2)cc1. The number of hydrogen-bond donors (Lipinski definition) is 0. The van der Waals surface area contributed by atoms with E-state index in [-0.39, 0.29) is 5.91 Å². The first-order chi connectivity index (χ1) is 14.5. The van der Waals surface area contributed by atoms with Gasteiger partial charge in [-0.3, -0.25) is 4.79 Å². The molecule has 2 aromatic heterocycles. The number of furan rings is 1. The summed E-state index contributed by atoms with van der Waals surface area (Å²) in [6.07, 6.45) is 3.23. The number of rotatable bonds is 4. The van der Waals surface area contributed by atoms with Crippen LogP contribution in [-0.2, 0) is 6.42 Å². The molecular weight excluding hydrogens is 376 g/mol. The zero-order valence-electron chi connectivity index (χ0n) is 17.9. The van der Waals surface area contributed by atoms with E-state index in [1.165, 1.54) is 11.1 Å². The minimum absolute atomic E-state index is 0.0447. The normalized spacial score (nSPS) is 14.6. The predicted molar refractivity (Wildman–Crippen MR) is 117 cm³/mol. The third-order valence-corrected chi connectivity index (χ3v) is 5.62. The molecule has 1 amide bonds. The molecule has 156 valence electrons. The molecule has 3 aromatic rings. The van der Waals surface area contributed by atoms with Gasteiger partial charge in [-0.15, -0.1) is 0 Å². The van der Waals surface area contributed by atoms with Crippen LogP contribution in [0.2, 0.25) is 0 Å². The van der Waals surface area contributed by atoms with Crippen molar-refractivity contribution in [1.82, 2.24) is 14.9 Å². The number of carbonyl (C=O) groups excluding carboxylic acids is 1. The Kier molecular flexibility index (Phi) is 5.84. The summed E-state index contributed by atoms with van der Waals surface area (Å²) in [6, 6.07) is 12.1. The molecule has 0 radical (unpaired) electrons. The number of anilines is 1. The van der Waals surface area contributed by atoms with Crippen LogP contribution in [-0.4, -0.2) is 47.0 Å². The molecule has 0 N–H and O–H groups in total. The van der Waals surface area contributed by atoms with Crippen molar-refractivity contribution < 1.29 is 9.21 Å². The van der Waals surface area contributed by atoms with E-state index in [2.05, 4.69) is 48.0 Å². The first-order valence-corrected chi connectivity index (χ1v) is 10.5. The average molecular weight is 405 g/mol. The maximum absolute atomic E-state index is 12.7. The molecule has 6 nitrogen and oxygen atoms in total. The van der Waals surface area contributed by atoms with Crippen molar-refractivity contribution in [3.63, 3.8) is 0 Å². The number of hydrogen-bond acceptors (Lipinski definition) is 5. The molecule has 0 bridgehead atoms. The van der Waals surface area contributed by atoms with Crippen LogP contribution in [0.4, 0.5) is 5.82 Å². The van der Waals surface area contributed by atoms with Crippen LogP contribution in [0.15, 0.2) is 47.1 Å². The Hall–Kier alpha value is -3.15. The second kappa shape index (κ2) is 8.69. The van der Waals surface area contributed by atoms with Crippen molar-refractivity contribution >= 4 is 11.7 Å². The summed E-state index contributed by atoms with van der Waals surface area (Å²) in [7, 11) is 0. The first-order valence-electron chi connectivity index (χ1n) is 10.5. The van der Waals surface area contributed by atoms with Gasteiger partial charge in [-0.1, -0.05) is 29.8 Å². The fourth-order valence-corrected chi connectivity index (χ4v) is 3.98. The van der Waals surface area contributed by atoms with Gasteiger partial charge in [0.25, 0.3) is 5.91 Å². The second-order valence-electron chi connectivity index (χ2n) is 7.93. The summed E-state index contributed by atoms with van der Waals surface area (Å²) in [5.74, 6) is 2.13. The zero-order valence-corrected chi connectivity index (χ0v) is 17.9. The van der Waals surface area contributed by atoms with Crippen molar-refractivity contribution in [1.29, 1.82) is 0 Å². The van der Waals surface area contributed by atoms with Crippen molar-refractivity contribution in [2.75, 3.05) is 31.1 Å². The summed E-state index contributed by atoms with van der Waals surface area (Å²) in [5.41, 5.74) is 4.69. The Balaban J connectivity index is 1.57. The minimum atomic E-state index is -0.0447. The molecule has 0 aliphatic carbocycles. The van der Waals surface area contributed by atoms with Gasteiger partial charge >= 0.3 is 0 Å². The highest BCUT2D eigenvalue weighted by Gasteiger charge is 2.24. The Bertz CT molecular complexity index is 1010. The number of benzene rings is 1. The van der Waals surface area contributed by atoms with Gasteiger partial charge in [-0.25, -0.2) is 9.97 Å². The number of aromatic nitrogens is 2. The highest BCUT2D eigenvalue weighted by Crippen LogP contribution is 2.25. The standard InChI is InChI=1S/C24H28N4O2/c1-17-7-9-20(10-8-17)16-21-18(2)25-19(3)26-23(21)27-11-5-12-28(14-13-27)24(29)22-6-4-15-30-22/h4,6-10,15H,5,11-14,16H2,1-3H3. The van der Waals surface area contributed by atoms with Crippen molar-refractivity contribution in [3.8, 4) is 0 Å². The first kappa shape index (κ1) is 20.1. The summed E-state index contributed by atoms with van der Waals surface area (Å²) in [4.78, 5) is 26.3. The maximum atomic E-state index is 12.7. The Morgan fingerprint density at radius 1 is 1.00 bits per heavy atom. The molecule has 0 atom stereocenters. The molecule has 1 aromatic carbocycles. The van der Waals surface area contributed by atoms with Gasteiger partial charge in [0.15, 0.2) is 5.76 Å². The lowest BCUT2D eigenvalue weighted by Gasteiger charge is -2.26. The second-order valence-corrected chi connectivity index (χ2v) is 7.93. The topological polar surface area (TPSA) is 62.5 Å².